The Hall–Kier alpha value is -2.48. The molecule has 1 N–H and O–H groups in total. The molecular formula is C17H15NO. The van der Waals surface area contributed by atoms with Crippen molar-refractivity contribution >= 4 is 16.5 Å². The van der Waals surface area contributed by atoms with E-state index in [1.165, 1.54) is 10.8 Å². The van der Waals surface area contributed by atoms with Crippen LogP contribution >= 0.6 is 0 Å². The minimum Gasteiger partial charge on any atom is -0.455 e. The lowest BCUT2D eigenvalue weighted by Crippen LogP contribution is -1.94. The summed E-state index contributed by atoms with van der Waals surface area (Å²) in [6.45, 7) is 0. The first-order valence-electron chi connectivity index (χ1n) is 6.31. The van der Waals surface area contributed by atoms with Gasteiger partial charge in [0.15, 0.2) is 5.75 Å². The highest BCUT2D eigenvalue weighted by atomic mass is 16.5. The van der Waals surface area contributed by atoms with E-state index in [4.69, 9.17) is 4.74 Å². The Labute approximate surface area is 112 Å². The van der Waals surface area contributed by atoms with E-state index in [1.807, 2.05) is 55.6 Å². The van der Waals surface area contributed by atoms with Crippen molar-refractivity contribution in [2.24, 2.45) is 0 Å². The molecule has 0 spiro atoms. The lowest BCUT2D eigenvalue weighted by molar-refractivity contribution is 0.485. The molecule has 0 amide bonds. The quantitative estimate of drug-likeness (QED) is 0.728. The van der Waals surface area contributed by atoms with Crippen molar-refractivity contribution in [2.75, 3.05) is 12.4 Å². The summed E-state index contributed by atoms with van der Waals surface area (Å²) in [5, 5.41) is 5.60. The first-order valence-corrected chi connectivity index (χ1v) is 6.31. The van der Waals surface area contributed by atoms with Crippen molar-refractivity contribution < 1.29 is 4.74 Å². The molecule has 19 heavy (non-hydrogen) atoms. The standard InChI is InChI=1S/C17H15NO/c1-18-17-15-10-6-5-7-13(15)11-12-16(17)19-14-8-3-2-4-9-14/h2-12,18H,1H3. The fourth-order valence-electron chi connectivity index (χ4n) is 2.21. The molecule has 0 fully saturated rings. The highest BCUT2D eigenvalue weighted by Crippen LogP contribution is 2.35. The predicted molar refractivity (Wildman–Crippen MR) is 80.0 cm³/mol. The van der Waals surface area contributed by atoms with Gasteiger partial charge in [-0.25, -0.2) is 0 Å². The minimum atomic E-state index is 0.840. The Kier molecular flexibility index (Phi) is 3.07. The molecule has 0 aromatic heterocycles. The number of benzene rings is 3. The Morgan fingerprint density at radius 1 is 0.789 bits per heavy atom. The average Bonchev–Trinajstić information content (AvgIpc) is 2.48. The minimum absolute atomic E-state index is 0.840. The maximum absolute atomic E-state index is 5.95. The number of anilines is 1. The summed E-state index contributed by atoms with van der Waals surface area (Å²) < 4.78 is 5.95. The molecule has 0 bridgehead atoms. The van der Waals surface area contributed by atoms with Crippen molar-refractivity contribution in [1.82, 2.24) is 0 Å². The third-order valence-electron chi connectivity index (χ3n) is 3.11. The largest absolute Gasteiger partial charge is 0.455 e. The summed E-state index contributed by atoms with van der Waals surface area (Å²) in [4.78, 5) is 0. The van der Waals surface area contributed by atoms with Gasteiger partial charge in [-0.05, 0) is 23.6 Å². The molecule has 0 aliphatic rings. The molecule has 0 heterocycles. The number of fused-ring (bicyclic) bond motifs is 1. The van der Waals surface area contributed by atoms with Gasteiger partial charge in [0.1, 0.15) is 5.75 Å². The number of hydrogen-bond donors (Lipinski definition) is 1. The molecule has 0 saturated heterocycles. The summed E-state index contributed by atoms with van der Waals surface area (Å²) in [5.74, 6) is 1.68. The first-order chi connectivity index (χ1) is 9.38. The monoisotopic (exact) mass is 249 g/mol. The van der Waals surface area contributed by atoms with Gasteiger partial charge < -0.3 is 10.1 Å². The van der Waals surface area contributed by atoms with Crippen LogP contribution < -0.4 is 10.1 Å². The molecule has 2 nitrogen and oxygen atoms in total. The third kappa shape index (κ3) is 2.25. The molecule has 94 valence electrons. The van der Waals surface area contributed by atoms with Crippen molar-refractivity contribution in [2.45, 2.75) is 0 Å². The van der Waals surface area contributed by atoms with Gasteiger partial charge in [-0.3, -0.25) is 0 Å². The topological polar surface area (TPSA) is 21.3 Å². The Balaban J connectivity index is 2.08. The molecular weight excluding hydrogens is 234 g/mol. The van der Waals surface area contributed by atoms with Crippen LogP contribution in [0, 0.1) is 0 Å². The van der Waals surface area contributed by atoms with Crippen LogP contribution in [0.1, 0.15) is 0 Å². The van der Waals surface area contributed by atoms with Crippen molar-refractivity contribution in [1.29, 1.82) is 0 Å². The number of rotatable bonds is 3. The molecule has 0 saturated carbocycles. The fraction of sp³-hybridized carbons (Fsp3) is 0.0588. The molecule has 0 unspecified atom stereocenters. The summed E-state index contributed by atoms with van der Waals surface area (Å²) in [6, 6.07) is 22.2. The van der Waals surface area contributed by atoms with E-state index >= 15 is 0 Å². The first kappa shape index (κ1) is 11.6. The van der Waals surface area contributed by atoms with Crippen molar-refractivity contribution in [3.05, 3.63) is 66.7 Å². The number of para-hydroxylation sites is 1. The molecule has 0 aliphatic heterocycles. The SMILES string of the molecule is CNc1c(Oc2ccccc2)ccc2ccccc12. The van der Waals surface area contributed by atoms with E-state index in [0.29, 0.717) is 0 Å². The van der Waals surface area contributed by atoms with E-state index in [9.17, 15) is 0 Å². The smallest absolute Gasteiger partial charge is 0.151 e. The second kappa shape index (κ2) is 5.02. The van der Waals surface area contributed by atoms with Crippen molar-refractivity contribution in [3.63, 3.8) is 0 Å². The lowest BCUT2D eigenvalue weighted by atomic mass is 10.1. The summed E-state index contributed by atoms with van der Waals surface area (Å²) >= 11 is 0. The second-order valence-electron chi connectivity index (χ2n) is 4.32. The zero-order valence-corrected chi connectivity index (χ0v) is 10.8. The predicted octanol–water partition coefficient (Wildman–Crippen LogP) is 4.67. The van der Waals surface area contributed by atoms with Gasteiger partial charge in [-0.2, -0.15) is 0 Å². The van der Waals surface area contributed by atoms with Gasteiger partial charge in [0, 0.05) is 12.4 Å². The van der Waals surface area contributed by atoms with Crippen LogP contribution in [0.2, 0.25) is 0 Å². The van der Waals surface area contributed by atoms with Gasteiger partial charge >= 0.3 is 0 Å². The van der Waals surface area contributed by atoms with Crippen LogP contribution in [0.5, 0.6) is 11.5 Å². The van der Waals surface area contributed by atoms with Gasteiger partial charge in [0.25, 0.3) is 0 Å². The van der Waals surface area contributed by atoms with E-state index in [-0.39, 0.29) is 0 Å². The summed E-state index contributed by atoms with van der Waals surface area (Å²) in [7, 11) is 1.92. The summed E-state index contributed by atoms with van der Waals surface area (Å²) in [6.07, 6.45) is 0. The van der Waals surface area contributed by atoms with E-state index in [2.05, 4.69) is 23.5 Å². The normalized spacial score (nSPS) is 10.4. The van der Waals surface area contributed by atoms with Crippen LogP contribution in [0.25, 0.3) is 10.8 Å². The van der Waals surface area contributed by atoms with Crippen LogP contribution in [0.3, 0.4) is 0 Å². The van der Waals surface area contributed by atoms with Gasteiger partial charge in [-0.15, -0.1) is 0 Å². The fourth-order valence-corrected chi connectivity index (χ4v) is 2.21. The Morgan fingerprint density at radius 2 is 1.53 bits per heavy atom. The molecule has 3 aromatic carbocycles. The van der Waals surface area contributed by atoms with E-state index in [1.54, 1.807) is 0 Å². The average molecular weight is 249 g/mol. The zero-order valence-electron chi connectivity index (χ0n) is 10.8. The maximum Gasteiger partial charge on any atom is 0.151 e. The van der Waals surface area contributed by atoms with Gasteiger partial charge in [0.2, 0.25) is 0 Å². The second-order valence-corrected chi connectivity index (χ2v) is 4.32. The Bertz CT molecular complexity index is 692. The maximum atomic E-state index is 5.95. The molecule has 3 aromatic rings. The third-order valence-corrected chi connectivity index (χ3v) is 3.11. The van der Waals surface area contributed by atoms with Crippen LogP contribution in [-0.2, 0) is 0 Å². The molecule has 0 aliphatic carbocycles. The Morgan fingerprint density at radius 3 is 2.32 bits per heavy atom. The van der Waals surface area contributed by atoms with Gasteiger partial charge in [0.05, 0.1) is 5.69 Å². The highest BCUT2D eigenvalue weighted by Gasteiger charge is 2.07. The van der Waals surface area contributed by atoms with Crippen LogP contribution in [-0.4, -0.2) is 7.05 Å². The van der Waals surface area contributed by atoms with E-state index in [0.717, 1.165) is 17.2 Å². The van der Waals surface area contributed by atoms with Gasteiger partial charge in [-0.1, -0.05) is 48.5 Å². The zero-order chi connectivity index (χ0) is 13.1. The molecule has 0 atom stereocenters. The van der Waals surface area contributed by atoms with Crippen LogP contribution in [0.4, 0.5) is 5.69 Å². The highest BCUT2D eigenvalue weighted by molar-refractivity contribution is 5.97. The molecule has 3 rings (SSSR count). The van der Waals surface area contributed by atoms with Crippen molar-refractivity contribution in [3.8, 4) is 11.5 Å². The number of hydrogen-bond acceptors (Lipinski definition) is 2. The number of nitrogens with one attached hydrogen (secondary N) is 1. The van der Waals surface area contributed by atoms with Crippen LogP contribution in [0.15, 0.2) is 66.7 Å². The summed E-state index contributed by atoms with van der Waals surface area (Å²) in [5.41, 5.74) is 1.02. The lowest BCUT2D eigenvalue weighted by Gasteiger charge is -2.13. The number of ether oxygens (including phenoxy) is 1. The molecule has 0 radical (unpaired) electrons. The molecule has 2 heteroatoms. The van der Waals surface area contributed by atoms with E-state index < -0.39 is 0 Å².